The molecule has 0 heterocycles. The summed E-state index contributed by atoms with van der Waals surface area (Å²) < 4.78 is 0. The van der Waals surface area contributed by atoms with E-state index in [9.17, 15) is 4.79 Å². The zero-order chi connectivity index (χ0) is 11.4. The summed E-state index contributed by atoms with van der Waals surface area (Å²) >= 11 is 0. The highest BCUT2D eigenvalue weighted by Gasteiger charge is 1.79. The lowest BCUT2D eigenvalue weighted by molar-refractivity contribution is -0.131. The lowest BCUT2D eigenvalue weighted by Gasteiger charge is -1.84. The third-order valence-electron chi connectivity index (χ3n) is 1.65. The molecule has 2 heteroatoms. The maximum absolute atomic E-state index is 10.1. The van der Waals surface area contributed by atoms with Crippen molar-refractivity contribution in [3.05, 3.63) is 48.6 Å². The molecule has 0 radical (unpaired) electrons. The summed E-state index contributed by atoms with van der Waals surface area (Å²) in [5.41, 5.74) is 0. The number of carbonyl (C=O) groups is 1. The molecule has 0 fully saturated rings. The number of carboxylic acids is 1. The number of unbranched alkanes of at least 4 members (excludes halogenated alkanes) is 2. The van der Waals surface area contributed by atoms with Crippen molar-refractivity contribution < 1.29 is 9.90 Å². The second-order valence-electron chi connectivity index (χ2n) is 3.04. The van der Waals surface area contributed by atoms with Gasteiger partial charge in [-0.05, 0) is 6.42 Å². The Bertz CT molecular complexity index is 270. The quantitative estimate of drug-likeness (QED) is 0.393. The molecule has 0 aromatic heterocycles. The normalized spacial score (nSPS) is 12.6. The van der Waals surface area contributed by atoms with Gasteiger partial charge in [0, 0.05) is 6.08 Å². The molecule has 0 aliphatic heterocycles. The molecule has 0 amide bonds. The first-order valence-electron chi connectivity index (χ1n) is 5.17. The molecule has 0 saturated carbocycles. The molecule has 0 aliphatic carbocycles. The maximum Gasteiger partial charge on any atom is 0.328 e. The van der Waals surface area contributed by atoms with Crippen molar-refractivity contribution in [1.29, 1.82) is 0 Å². The SMILES string of the molecule is CCCCC=CC=CC=CC=CC(=O)O. The zero-order valence-electron chi connectivity index (χ0n) is 9.10. The smallest absolute Gasteiger partial charge is 0.328 e. The van der Waals surface area contributed by atoms with Gasteiger partial charge in [-0.25, -0.2) is 4.79 Å². The van der Waals surface area contributed by atoms with Gasteiger partial charge >= 0.3 is 5.97 Å². The predicted molar refractivity (Wildman–Crippen MR) is 63.7 cm³/mol. The minimum absolute atomic E-state index is 0.928. The molecular formula is C13H18O2. The third-order valence-corrected chi connectivity index (χ3v) is 1.65. The second kappa shape index (κ2) is 10.5. The topological polar surface area (TPSA) is 37.3 Å². The molecule has 2 nitrogen and oxygen atoms in total. The predicted octanol–water partition coefficient (Wildman–Crippen LogP) is 3.49. The average molecular weight is 206 g/mol. The summed E-state index contributed by atoms with van der Waals surface area (Å²) in [5.74, 6) is -0.928. The Morgan fingerprint density at radius 1 is 1.07 bits per heavy atom. The molecule has 0 atom stereocenters. The van der Waals surface area contributed by atoms with Crippen LogP contribution in [0.5, 0.6) is 0 Å². The lowest BCUT2D eigenvalue weighted by Crippen LogP contribution is -1.84. The molecular weight excluding hydrogens is 188 g/mol. The first kappa shape index (κ1) is 13.4. The van der Waals surface area contributed by atoms with Gasteiger partial charge in [0.05, 0.1) is 0 Å². The highest BCUT2D eigenvalue weighted by atomic mass is 16.4. The largest absolute Gasteiger partial charge is 0.478 e. The van der Waals surface area contributed by atoms with Crippen molar-refractivity contribution in [3.63, 3.8) is 0 Å². The summed E-state index contributed by atoms with van der Waals surface area (Å²) in [5, 5.41) is 8.29. The highest BCUT2D eigenvalue weighted by Crippen LogP contribution is 1.94. The van der Waals surface area contributed by atoms with Crippen LogP contribution in [0.2, 0.25) is 0 Å². The van der Waals surface area contributed by atoms with E-state index >= 15 is 0 Å². The fraction of sp³-hybridized carbons (Fsp3) is 0.308. The fourth-order valence-corrected chi connectivity index (χ4v) is 0.891. The Hall–Kier alpha value is -1.57. The summed E-state index contributed by atoms with van der Waals surface area (Å²) in [7, 11) is 0. The first-order valence-corrected chi connectivity index (χ1v) is 5.17. The van der Waals surface area contributed by atoms with E-state index in [-0.39, 0.29) is 0 Å². The fourth-order valence-electron chi connectivity index (χ4n) is 0.891. The van der Waals surface area contributed by atoms with Crippen LogP contribution >= 0.6 is 0 Å². The molecule has 0 aromatic rings. The van der Waals surface area contributed by atoms with Crippen LogP contribution in [0, 0.1) is 0 Å². The van der Waals surface area contributed by atoms with Crippen molar-refractivity contribution >= 4 is 5.97 Å². The van der Waals surface area contributed by atoms with Gasteiger partial charge in [0.25, 0.3) is 0 Å². The molecule has 82 valence electrons. The van der Waals surface area contributed by atoms with E-state index in [1.807, 2.05) is 18.2 Å². The van der Waals surface area contributed by atoms with Crippen molar-refractivity contribution in [2.24, 2.45) is 0 Å². The monoisotopic (exact) mass is 206 g/mol. The van der Waals surface area contributed by atoms with Crippen LogP contribution in [0.1, 0.15) is 26.2 Å². The molecule has 0 rings (SSSR count). The molecule has 0 unspecified atom stereocenters. The van der Waals surface area contributed by atoms with Gasteiger partial charge in [0.2, 0.25) is 0 Å². The van der Waals surface area contributed by atoms with E-state index in [0.29, 0.717) is 0 Å². The first-order chi connectivity index (χ1) is 7.27. The minimum Gasteiger partial charge on any atom is -0.478 e. The molecule has 0 saturated heterocycles. The van der Waals surface area contributed by atoms with E-state index in [1.165, 1.54) is 18.9 Å². The number of hydrogen-bond donors (Lipinski definition) is 1. The average Bonchev–Trinajstić information content (AvgIpc) is 2.20. The Kier molecular flexibility index (Phi) is 9.41. The van der Waals surface area contributed by atoms with Crippen LogP contribution < -0.4 is 0 Å². The Balaban J connectivity index is 3.61. The van der Waals surface area contributed by atoms with Gasteiger partial charge in [-0.15, -0.1) is 0 Å². The standard InChI is InChI=1S/C13H18O2/c1-2-3-4-5-6-7-8-9-10-11-12-13(14)15/h5-12H,2-4H2,1H3,(H,14,15). The summed E-state index contributed by atoms with van der Waals surface area (Å²) in [6.45, 7) is 2.17. The van der Waals surface area contributed by atoms with Crippen LogP contribution in [0.3, 0.4) is 0 Å². The minimum atomic E-state index is -0.928. The number of carboxylic acid groups (broad SMARTS) is 1. The van der Waals surface area contributed by atoms with Crippen LogP contribution in [-0.2, 0) is 4.79 Å². The van der Waals surface area contributed by atoms with Gasteiger partial charge in [0.15, 0.2) is 0 Å². The van der Waals surface area contributed by atoms with E-state index < -0.39 is 5.97 Å². The Morgan fingerprint density at radius 2 is 1.67 bits per heavy atom. The van der Waals surface area contributed by atoms with E-state index in [0.717, 1.165) is 12.5 Å². The summed E-state index contributed by atoms with van der Waals surface area (Å²) in [6.07, 6.45) is 17.6. The van der Waals surface area contributed by atoms with Gasteiger partial charge in [-0.1, -0.05) is 62.3 Å². The van der Waals surface area contributed by atoms with Crippen LogP contribution in [0.15, 0.2) is 48.6 Å². The third kappa shape index (κ3) is 12.4. The van der Waals surface area contributed by atoms with Gasteiger partial charge in [-0.3, -0.25) is 0 Å². The summed E-state index contributed by atoms with van der Waals surface area (Å²) in [6, 6.07) is 0. The number of hydrogen-bond acceptors (Lipinski definition) is 1. The number of aliphatic carboxylic acids is 1. The molecule has 0 bridgehead atoms. The molecule has 1 N–H and O–H groups in total. The number of allylic oxidation sites excluding steroid dienone is 7. The van der Waals surface area contributed by atoms with E-state index in [1.54, 1.807) is 12.2 Å². The van der Waals surface area contributed by atoms with Gasteiger partial charge in [-0.2, -0.15) is 0 Å². The van der Waals surface area contributed by atoms with Crippen LogP contribution in [0.25, 0.3) is 0 Å². The van der Waals surface area contributed by atoms with Crippen LogP contribution in [-0.4, -0.2) is 11.1 Å². The summed E-state index contributed by atoms with van der Waals surface area (Å²) in [4.78, 5) is 10.1. The highest BCUT2D eigenvalue weighted by molar-refractivity contribution is 5.80. The van der Waals surface area contributed by atoms with Crippen LogP contribution in [0.4, 0.5) is 0 Å². The van der Waals surface area contributed by atoms with Gasteiger partial charge in [0.1, 0.15) is 0 Å². The zero-order valence-corrected chi connectivity index (χ0v) is 9.10. The van der Waals surface area contributed by atoms with E-state index in [4.69, 9.17) is 5.11 Å². The van der Waals surface area contributed by atoms with Crippen molar-refractivity contribution in [1.82, 2.24) is 0 Å². The molecule has 0 aliphatic rings. The maximum atomic E-state index is 10.1. The second-order valence-corrected chi connectivity index (χ2v) is 3.04. The Morgan fingerprint density at radius 3 is 2.27 bits per heavy atom. The van der Waals surface area contributed by atoms with E-state index in [2.05, 4.69) is 13.0 Å². The lowest BCUT2D eigenvalue weighted by atomic mass is 10.2. The molecule has 15 heavy (non-hydrogen) atoms. The molecule has 0 aromatic carbocycles. The van der Waals surface area contributed by atoms with Crippen molar-refractivity contribution in [2.75, 3.05) is 0 Å². The number of rotatable bonds is 7. The van der Waals surface area contributed by atoms with Crippen molar-refractivity contribution in [2.45, 2.75) is 26.2 Å². The van der Waals surface area contributed by atoms with Crippen molar-refractivity contribution in [3.8, 4) is 0 Å². The van der Waals surface area contributed by atoms with Gasteiger partial charge < -0.3 is 5.11 Å². The Labute approximate surface area is 91.3 Å². The molecule has 0 spiro atoms.